The van der Waals surface area contributed by atoms with Crippen molar-refractivity contribution in [2.75, 3.05) is 12.3 Å². The van der Waals surface area contributed by atoms with Gasteiger partial charge >= 0.3 is 0 Å². The first-order valence-corrected chi connectivity index (χ1v) is 5.85. The Morgan fingerprint density at radius 2 is 1.88 bits per heavy atom. The summed E-state index contributed by atoms with van der Waals surface area (Å²) in [7, 11) is 0. The van der Waals surface area contributed by atoms with Crippen molar-refractivity contribution in [2.45, 2.75) is 39.7 Å². The molecule has 1 rings (SSSR count). The van der Waals surface area contributed by atoms with Crippen molar-refractivity contribution < 1.29 is 9.47 Å². The van der Waals surface area contributed by atoms with Crippen LogP contribution in [0.4, 0.5) is 5.69 Å². The molecule has 1 aromatic carbocycles. The highest BCUT2D eigenvalue weighted by atomic mass is 16.5. The molecule has 0 aliphatic carbocycles. The number of hydrogen-bond acceptors (Lipinski definition) is 3. The largest absolute Gasteiger partial charge is 0.493 e. The zero-order valence-corrected chi connectivity index (χ0v) is 10.3. The molecule has 3 heteroatoms. The van der Waals surface area contributed by atoms with Crippen LogP contribution in [-0.4, -0.2) is 12.7 Å². The first-order valence-electron chi connectivity index (χ1n) is 5.85. The fourth-order valence-electron chi connectivity index (χ4n) is 1.28. The van der Waals surface area contributed by atoms with Crippen LogP contribution in [-0.2, 0) is 0 Å². The van der Waals surface area contributed by atoms with Crippen molar-refractivity contribution in [3.8, 4) is 11.5 Å². The minimum Gasteiger partial charge on any atom is -0.493 e. The second-order valence-corrected chi connectivity index (χ2v) is 3.92. The quantitative estimate of drug-likeness (QED) is 0.753. The van der Waals surface area contributed by atoms with E-state index in [2.05, 4.69) is 13.8 Å². The van der Waals surface area contributed by atoms with Gasteiger partial charge in [0, 0.05) is 23.9 Å². The lowest BCUT2D eigenvalue weighted by atomic mass is 10.2. The van der Waals surface area contributed by atoms with Crippen LogP contribution in [0.5, 0.6) is 11.5 Å². The second kappa shape index (κ2) is 6.26. The first kappa shape index (κ1) is 12.7. The van der Waals surface area contributed by atoms with Crippen LogP contribution >= 0.6 is 0 Å². The first-order chi connectivity index (χ1) is 7.65. The van der Waals surface area contributed by atoms with Gasteiger partial charge in [-0.2, -0.15) is 0 Å². The average molecular weight is 223 g/mol. The van der Waals surface area contributed by atoms with Crippen molar-refractivity contribution in [1.29, 1.82) is 0 Å². The fourth-order valence-corrected chi connectivity index (χ4v) is 1.28. The van der Waals surface area contributed by atoms with E-state index >= 15 is 0 Å². The summed E-state index contributed by atoms with van der Waals surface area (Å²) in [6, 6.07) is 5.53. The van der Waals surface area contributed by atoms with E-state index in [0.29, 0.717) is 12.3 Å². The lowest BCUT2D eigenvalue weighted by molar-refractivity contribution is 0.216. The number of benzene rings is 1. The highest BCUT2D eigenvalue weighted by Gasteiger charge is 2.04. The monoisotopic (exact) mass is 223 g/mol. The Bertz CT molecular complexity index is 326. The zero-order valence-electron chi connectivity index (χ0n) is 10.3. The molecular formula is C13H21NO2. The highest BCUT2D eigenvalue weighted by molar-refractivity contribution is 5.50. The average Bonchev–Trinajstić information content (AvgIpc) is 2.25. The SMILES string of the molecule is CCCOc1cc(N)cc(OC(C)CC)c1. The van der Waals surface area contributed by atoms with Crippen molar-refractivity contribution >= 4 is 5.69 Å². The van der Waals surface area contributed by atoms with Crippen molar-refractivity contribution in [1.82, 2.24) is 0 Å². The Balaban J connectivity index is 2.73. The van der Waals surface area contributed by atoms with Gasteiger partial charge in [0.15, 0.2) is 0 Å². The predicted molar refractivity (Wildman–Crippen MR) is 67.0 cm³/mol. The van der Waals surface area contributed by atoms with Crippen molar-refractivity contribution in [3.05, 3.63) is 18.2 Å². The van der Waals surface area contributed by atoms with Gasteiger partial charge in [0.2, 0.25) is 0 Å². The standard InChI is InChI=1S/C13H21NO2/c1-4-6-15-12-7-11(14)8-13(9-12)16-10(3)5-2/h7-10H,4-6,14H2,1-3H3. The van der Waals surface area contributed by atoms with Crippen LogP contribution in [0.2, 0.25) is 0 Å². The molecule has 0 aliphatic heterocycles. The van der Waals surface area contributed by atoms with Gasteiger partial charge in [-0.3, -0.25) is 0 Å². The van der Waals surface area contributed by atoms with Crippen LogP contribution in [0.15, 0.2) is 18.2 Å². The van der Waals surface area contributed by atoms with Crippen LogP contribution in [0.1, 0.15) is 33.6 Å². The summed E-state index contributed by atoms with van der Waals surface area (Å²) in [5, 5.41) is 0. The van der Waals surface area contributed by atoms with Gasteiger partial charge in [-0.15, -0.1) is 0 Å². The lowest BCUT2D eigenvalue weighted by Gasteiger charge is -2.14. The number of hydrogen-bond donors (Lipinski definition) is 1. The van der Waals surface area contributed by atoms with E-state index in [-0.39, 0.29) is 6.10 Å². The van der Waals surface area contributed by atoms with E-state index in [1.54, 1.807) is 0 Å². The summed E-state index contributed by atoms with van der Waals surface area (Å²) in [6.45, 7) is 6.90. The summed E-state index contributed by atoms with van der Waals surface area (Å²) in [4.78, 5) is 0. The third kappa shape index (κ3) is 4.01. The van der Waals surface area contributed by atoms with Gasteiger partial charge in [-0.05, 0) is 19.8 Å². The number of rotatable bonds is 6. The maximum absolute atomic E-state index is 5.79. The number of nitrogen functional groups attached to an aromatic ring is 1. The molecule has 16 heavy (non-hydrogen) atoms. The Hall–Kier alpha value is -1.38. The van der Waals surface area contributed by atoms with Gasteiger partial charge in [0.1, 0.15) is 11.5 Å². The second-order valence-electron chi connectivity index (χ2n) is 3.92. The Kier molecular flexibility index (Phi) is 4.96. The molecule has 0 amide bonds. The fraction of sp³-hybridized carbons (Fsp3) is 0.538. The molecular weight excluding hydrogens is 202 g/mol. The number of anilines is 1. The Morgan fingerprint density at radius 3 is 2.50 bits per heavy atom. The molecule has 0 bridgehead atoms. The Morgan fingerprint density at radius 1 is 1.19 bits per heavy atom. The van der Waals surface area contributed by atoms with Gasteiger partial charge in [-0.1, -0.05) is 13.8 Å². The van der Waals surface area contributed by atoms with Crippen LogP contribution in [0.25, 0.3) is 0 Å². The summed E-state index contributed by atoms with van der Waals surface area (Å²) < 4.78 is 11.2. The molecule has 1 aromatic rings. The zero-order chi connectivity index (χ0) is 12.0. The third-order valence-corrected chi connectivity index (χ3v) is 2.29. The summed E-state index contributed by atoms with van der Waals surface area (Å²) in [5.41, 5.74) is 6.46. The smallest absolute Gasteiger partial charge is 0.125 e. The van der Waals surface area contributed by atoms with Gasteiger partial charge in [0.25, 0.3) is 0 Å². The molecule has 0 aliphatic rings. The highest BCUT2D eigenvalue weighted by Crippen LogP contribution is 2.25. The molecule has 0 fully saturated rings. The maximum Gasteiger partial charge on any atom is 0.125 e. The molecule has 3 nitrogen and oxygen atoms in total. The number of ether oxygens (including phenoxy) is 2. The van der Waals surface area contributed by atoms with Crippen molar-refractivity contribution in [3.63, 3.8) is 0 Å². The van der Waals surface area contributed by atoms with E-state index in [1.807, 2.05) is 25.1 Å². The molecule has 0 spiro atoms. The van der Waals surface area contributed by atoms with E-state index in [1.165, 1.54) is 0 Å². The summed E-state index contributed by atoms with van der Waals surface area (Å²) in [6.07, 6.45) is 2.15. The third-order valence-electron chi connectivity index (χ3n) is 2.29. The molecule has 0 saturated carbocycles. The topological polar surface area (TPSA) is 44.5 Å². The van der Waals surface area contributed by atoms with E-state index < -0.39 is 0 Å². The lowest BCUT2D eigenvalue weighted by Crippen LogP contribution is -2.10. The minimum atomic E-state index is 0.195. The molecule has 0 saturated heterocycles. The van der Waals surface area contributed by atoms with Crippen LogP contribution < -0.4 is 15.2 Å². The van der Waals surface area contributed by atoms with Gasteiger partial charge < -0.3 is 15.2 Å². The van der Waals surface area contributed by atoms with Crippen molar-refractivity contribution in [2.24, 2.45) is 0 Å². The predicted octanol–water partition coefficient (Wildman–Crippen LogP) is 3.23. The molecule has 1 unspecified atom stereocenters. The van der Waals surface area contributed by atoms with Gasteiger partial charge in [-0.25, -0.2) is 0 Å². The summed E-state index contributed by atoms with van der Waals surface area (Å²) in [5.74, 6) is 1.56. The normalized spacial score (nSPS) is 12.2. The molecule has 1 atom stereocenters. The number of nitrogens with two attached hydrogens (primary N) is 1. The molecule has 2 N–H and O–H groups in total. The molecule has 0 heterocycles. The maximum atomic E-state index is 5.79. The molecule has 0 aromatic heterocycles. The van der Waals surface area contributed by atoms with E-state index in [9.17, 15) is 0 Å². The van der Waals surface area contributed by atoms with Gasteiger partial charge in [0.05, 0.1) is 12.7 Å². The van der Waals surface area contributed by atoms with E-state index in [0.717, 1.165) is 24.3 Å². The van der Waals surface area contributed by atoms with E-state index in [4.69, 9.17) is 15.2 Å². The Labute approximate surface area is 97.6 Å². The molecule has 0 radical (unpaired) electrons. The summed E-state index contributed by atoms with van der Waals surface area (Å²) >= 11 is 0. The van der Waals surface area contributed by atoms with Crippen LogP contribution in [0.3, 0.4) is 0 Å². The minimum absolute atomic E-state index is 0.195. The molecule has 90 valence electrons. The van der Waals surface area contributed by atoms with Crippen LogP contribution in [0, 0.1) is 0 Å².